The van der Waals surface area contributed by atoms with Gasteiger partial charge in [0.1, 0.15) is 23.5 Å². The second kappa shape index (κ2) is 8.73. The van der Waals surface area contributed by atoms with Gasteiger partial charge in [-0.15, -0.1) is 0 Å². The van der Waals surface area contributed by atoms with Crippen molar-refractivity contribution < 1.29 is 23.4 Å². The number of carbonyl (C=O) groups is 1. The molecule has 0 aliphatic carbocycles. The molecule has 3 aromatic rings. The first-order valence-electron chi connectivity index (χ1n) is 8.29. The number of amides is 1. The molecule has 1 amide bonds. The number of nitrogens with one attached hydrogen (secondary N) is 3. The van der Waals surface area contributed by atoms with Gasteiger partial charge in [-0.25, -0.2) is 18.7 Å². The Morgan fingerprint density at radius 2 is 1.68 bits per heavy atom. The molecule has 0 saturated carbocycles. The highest BCUT2D eigenvalue weighted by atomic mass is 19.1. The average Bonchev–Trinajstić information content (AvgIpc) is 2.73. The van der Waals surface area contributed by atoms with E-state index in [0.29, 0.717) is 6.07 Å². The van der Waals surface area contributed by atoms with E-state index in [9.17, 15) is 33.8 Å². The maximum Gasteiger partial charge on any atom is 0.355 e. The fourth-order valence-electron chi connectivity index (χ4n) is 2.46. The van der Waals surface area contributed by atoms with Crippen molar-refractivity contribution in [2.24, 2.45) is 0 Å². The SMILES string of the molecule is O=C(NNc1ncnc(Nc2ccc(F)cc2F)c1[N+](=O)[O-])c1ccccc1[N+](=O)[O-]. The number of halogens is 2. The van der Waals surface area contributed by atoms with E-state index in [1.165, 1.54) is 18.2 Å². The van der Waals surface area contributed by atoms with Crippen LogP contribution in [0.15, 0.2) is 48.8 Å². The Labute approximate surface area is 171 Å². The van der Waals surface area contributed by atoms with Gasteiger partial charge in [0.25, 0.3) is 11.6 Å². The van der Waals surface area contributed by atoms with Gasteiger partial charge in [0.2, 0.25) is 11.6 Å². The van der Waals surface area contributed by atoms with Crippen LogP contribution in [0.2, 0.25) is 0 Å². The second-order valence-corrected chi connectivity index (χ2v) is 5.78. The van der Waals surface area contributed by atoms with Crippen LogP contribution < -0.4 is 16.2 Å². The maximum atomic E-state index is 13.9. The summed E-state index contributed by atoms with van der Waals surface area (Å²) in [6.45, 7) is 0. The monoisotopic (exact) mass is 431 g/mol. The van der Waals surface area contributed by atoms with Crippen LogP contribution in [-0.2, 0) is 0 Å². The van der Waals surface area contributed by atoms with Crippen molar-refractivity contribution in [3.63, 3.8) is 0 Å². The van der Waals surface area contributed by atoms with Gasteiger partial charge in [-0.3, -0.25) is 35.9 Å². The third-order valence-corrected chi connectivity index (χ3v) is 3.83. The summed E-state index contributed by atoms with van der Waals surface area (Å²) < 4.78 is 26.9. The van der Waals surface area contributed by atoms with E-state index in [0.717, 1.165) is 24.5 Å². The summed E-state index contributed by atoms with van der Waals surface area (Å²) in [5.74, 6) is -3.77. The minimum atomic E-state index is -1.02. The van der Waals surface area contributed by atoms with Crippen molar-refractivity contribution in [2.75, 3.05) is 10.7 Å². The Bertz CT molecular complexity index is 1190. The number of nitro groups is 2. The molecule has 14 heteroatoms. The summed E-state index contributed by atoms with van der Waals surface area (Å²) in [5, 5.41) is 24.9. The van der Waals surface area contributed by atoms with Crippen LogP contribution in [0.25, 0.3) is 0 Å². The van der Waals surface area contributed by atoms with E-state index < -0.39 is 50.4 Å². The van der Waals surface area contributed by atoms with E-state index in [4.69, 9.17) is 0 Å². The molecule has 12 nitrogen and oxygen atoms in total. The lowest BCUT2D eigenvalue weighted by atomic mass is 10.2. The molecule has 1 heterocycles. The molecule has 0 fully saturated rings. The van der Waals surface area contributed by atoms with Crippen molar-refractivity contribution in [3.8, 4) is 0 Å². The van der Waals surface area contributed by atoms with Gasteiger partial charge in [-0.1, -0.05) is 12.1 Å². The summed E-state index contributed by atoms with van der Waals surface area (Å²) in [5.41, 5.74) is 2.43. The van der Waals surface area contributed by atoms with E-state index in [1.54, 1.807) is 0 Å². The van der Waals surface area contributed by atoms with Gasteiger partial charge in [-0.05, 0) is 18.2 Å². The van der Waals surface area contributed by atoms with E-state index >= 15 is 0 Å². The number of hydrazine groups is 1. The van der Waals surface area contributed by atoms with E-state index in [-0.39, 0.29) is 11.3 Å². The molecule has 0 aliphatic rings. The van der Waals surface area contributed by atoms with Crippen LogP contribution in [0.3, 0.4) is 0 Å². The Morgan fingerprint density at radius 1 is 0.968 bits per heavy atom. The first-order valence-corrected chi connectivity index (χ1v) is 8.29. The number of rotatable bonds is 7. The molecule has 0 saturated heterocycles. The molecule has 31 heavy (non-hydrogen) atoms. The zero-order valence-corrected chi connectivity index (χ0v) is 15.2. The van der Waals surface area contributed by atoms with Crippen LogP contribution in [0.4, 0.5) is 37.5 Å². The second-order valence-electron chi connectivity index (χ2n) is 5.78. The lowest BCUT2D eigenvalue weighted by molar-refractivity contribution is -0.385. The first kappa shape index (κ1) is 21.0. The highest BCUT2D eigenvalue weighted by Crippen LogP contribution is 2.31. The number of hydrogen-bond acceptors (Lipinski definition) is 9. The highest BCUT2D eigenvalue weighted by molar-refractivity contribution is 5.98. The molecule has 3 N–H and O–H groups in total. The lowest BCUT2D eigenvalue weighted by Gasteiger charge is -2.11. The quantitative estimate of drug-likeness (QED) is 0.376. The van der Waals surface area contributed by atoms with Crippen molar-refractivity contribution >= 4 is 34.6 Å². The van der Waals surface area contributed by atoms with Crippen LogP contribution in [0.1, 0.15) is 10.4 Å². The molecule has 0 spiro atoms. The van der Waals surface area contributed by atoms with Gasteiger partial charge >= 0.3 is 5.69 Å². The van der Waals surface area contributed by atoms with Crippen LogP contribution >= 0.6 is 0 Å². The standard InChI is InChI=1S/C17H11F2N7O5/c18-9-5-6-12(11(19)7-9)22-15-14(26(30)31)16(21-8-20-15)23-24-17(27)10-3-1-2-4-13(10)25(28)29/h1-8H,(H,24,27)(H2,20,21,22,23). The van der Waals surface area contributed by atoms with Crippen molar-refractivity contribution in [1.82, 2.24) is 15.4 Å². The number of hydrogen-bond donors (Lipinski definition) is 3. The van der Waals surface area contributed by atoms with Gasteiger partial charge in [-0.2, -0.15) is 0 Å². The summed E-state index contributed by atoms with van der Waals surface area (Å²) in [6.07, 6.45) is 0.885. The molecule has 0 aliphatic heterocycles. The minimum absolute atomic E-state index is 0.293. The molecular formula is C17H11F2N7O5. The Morgan fingerprint density at radius 3 is 2.35 bits per heavy atom. The Kier molecular flexibility index (Phi) is 5.90. The number of nitrogens with zero attached hydrogens (tertiary/aromatic N) is 4. The highest BCUT2D eigenvalue weighted by Gasteiger charge is 2.25. The summed E-state index contributed by atoms with van der Waals surface area (Å²) in [7, 11) is 0. The average molecular weight is 431 g/mol. The lowest BCUT2D eigenvalue weighted by Crippen LogP contribution is -2.30. The maximum absolute atomic E-state index is 13.9. The van der Waals surface area contributed by atoms with Gasteiger partial charge in [0.15, 0.2) is 0 Å². The molecule has 2 aromatic carbocycles. The summed E-state index contributed by atoms with van der Waals surface area (Å²) in [4.78, 5) is 40.5. The van der Waals surface area contributed by atoms with Crippen molar-refractivity contribution in [3.05, 3.63) is 86.2 Å². The minimum Gasteiger partial charge on any atom is -0.332 e. The molecular weight excluding hydrogens is 420 g/mol. The number of para-hydroxylation sites is 1. The molecule has 0 unspecified atom stereocenters. The van der Waals surface area contributed by atoms with E-state index in [2.05, 4.69) is 26.1 Å². The van der Waals surface area contributed by atoms with E-state index in [1.807, 2.05) is 0 Å². The smallest absolute Gasteiger partial charge is 0.332 e. The fourth-order valence-corrected chi connectivity index (χ4v) is 2.46. The van der Waals surface area contributed by atoms with Crippen LogP contribution in [0.5, 0.6) is 0 Å². The van der Waals surface area contributed by atoms with Crippen LogP contribution in [-0.4, -0.2) is 25.7 Å². The number of benzene rings is 2. The molecule has 1 aromatic heterocycles. The molecule has 0 radical (unpaired) electrons. The van der Waals surface area contributed by atoms with Gasteiger partial charge < -0.3 is 5.32 Å². The number of anilines is 3. The van der Waals surface area contributed by atoms with Crippen LogP contribution in [0, 0.1) is 31.9 Å². The number of nitro benzene ring substituents is 1. The first-order chi connectivity index (χ1) is 14.8. The van der Waals surface area contributed by atoms with Crippen molar-refractivity contribution in [2.45, 2.75) is 0 Å². The molecule has 0 atom stereocenters. The normalized spacial score (nSPS) is 10.3. The van der Waals surface area contributed by atoms with Crippen molar-refractivity contribution in [1.29, 1.82) is 0 Å². The van der Waals surface area contributed by atoms with Gasteiger partial charge in [0.05, 0.1) is 15.5 Å². The topological polar surface area (TPSA) is 165 Å². The third-order valence-electron chi connectivity index (χ3n) is 3.83. The summed E-state index contributed by atoms with van der Waals surface area (Å²) >= 11 is 0. The summed E-state index contributed by atoms with van der Waals surface area (Å²) in [6, 6.07) is 7.58. The predicted octanol–water partition coefficient (Wildman–Crippen LogP) is 3.07. The number of aromatic nitrogens is 2. The zero-order valence-electron chi connectivity index (χ0n) is 15.2. The Balaban J connectivity index is 1.87. The van der Waals surface area contributed by atoms with Gasteiger partial charge in [0, 0.05) is 12.1 Å². The fraction of sp³-hybridized carbons (Fsp3) is 0. The predicted molar refractivity (Wildman–Crippen MR) is 103 cm³/mol. The molecule has 158 valence electrons. The molecule has 0 bridgehead atoms. The molecule has 3 rings (SSSR count). The zero-order chi connectivity index (χ0) is 22.5. The number of carbonyl (C=O) groups excluding carboxylic acids is 1. The Hall–Kier alpha value is -4.75. The third kappa shape index (κ3) is 4.64. The largest absolute Gasteiger partial charge is 0.355 e.